The Hall–Kier alpha value is -0.550. The number of benzene rings is 1. The second-order valence-electron chi connectivity index (χ2n) is 4.31. The maximum absolute atomic E-state index is 5.64. The van der Waals surface area contributed by atoms with Gasteiger partial charge in [-0.15, -0.1) is 11.8 Å². The second kappa shape index (κ2) is 6.40. The molecule has 1 aliphatic rings. The number of rotatable bonds is 4. The molecule has 1 atom stereocenters. The SMILES string of the molecule is CSc1ccc(CN2CCOC(CN)C2)cc1. The molecule has 0 aliphatic carbocycles. The Morgan fingerprint density at radius 2 is 2.18 bits per heavy atom. The summed E-state index contributed by atoms with van der Waals surface area (Å²) in [4.78, 5) is 3.73. The van der Waals surface area contributed by atoms with Gasteiger partial charge in [-0.2, -0.15) is 0 Å². The lowest BCUT2D eigenvalue weighted by molar-refractivity contribution is -0.0260. The first-order valence-electron chi connectivity index (χ1n) is 5.99. The third-order valence-corrected chi connectivity index (χ3v) is 3.79. The summed E-state index contributed by atoms with van der Waals surface area (Å²) in [5.41, 5.74) is 7.00. The molecule has 1 aromatic rings. The van der Waals surface area contributed by atoms with Gasteiger partial charge in [0.2, 0.25) is 0 Å². The molecule has 1 unspecified atom stereocenters. The van der Waals surface area contributed by atoms with Gasteiger partial charge in [-0.05, 0) is 24.0 Å². The van der Waals surface area contributed by atoms with Crippen molar-refractivity contribution in [3.05, 3.63) is 29.8 Å². The zero-order valence-corrected chi connectivity index (χ0v) is 11.1. The number of thioether (sulfide) groups is 1. The van der Waals surface area contributed by atoms with E-state index >= 15 is 0 Å². The third-order valence-electron chi connectivity index (χ3n) is 3.05. The van der Waals surface area contributed by atoms with Crippen LogP contribution < -0.4 is 5.73 Å². The van der Waals surface area contributed by atoms with E-state index in [4.69, 9.17) is 10.5 Å². The van der Waals surface area contributed by atoms with Gasteiger partial charge in [0.05, 0.1) is 12.7 Å². The zero-order valence-electron chi connectivity index (χ0n) is 10.3. The lowest BCUT2D eigenvalue weighted by Crippen LogP contribution is -2.45. The minimum absolute atomic E-state index is 0.203. The first-order valence-corrected chi connectivity index (χ1v) is 7.21. The largest absolute Gasteiger partial charge is 0.374 e. The molecule has 2 rings (SSSR count). The molecule has 0 spiro atoms. The van der Waals surface area contributed by atoms with Crippen LogP contribution in [0.3, 0.4) is 0 Å². The molecule has 1 heterocycles. The molecule has 4 heteroatoms. The fourth-order valence-electron chi connectivity index (χ4n) is 2.06. The zero-order chi connectivity index (χ0) is 12.1. The van der Waals surface area contributed by atoms with E-state index in [1.807, 2.05) is 0 Å². The van der Waals surface area contributed by atoms with E-state index < -0.39 is 0 Å². The Labute approximate surface area is 107 Å². The molecule has 0 bridgehead atoms. The van der Waals surface area contributed by atoms with Gasteiger partial charge in [-0.3, -0.25) is 4.90 Å². The van der Waals surface area contributed by atoms with Crippen LogP contribution in [0, 0.1) is 0 Å². The number of nitrogens with zero attached hydrogens (tertiary/aromatic N) is 1. The van der Waals surface area contributed by atoms with E-state index in [1.165, 1.54) is 10.5 Å². The normalized spacial score (nSPS) is 21.6. The molecule has 1 aromatic carbocycles. The molecule has 0 saturated carbocycles. The van der Waals surface area contributed by atoms with Gasteiger partial charge in [-0.1, -0.05) is 12.1 Å². The number of morpholine rings is 1. The van der Waals surface area contributed by atoms with E-state index in [1.54, 1.807) is 11.8 Å². The van der Waals surface area contributed by atoms with Crippen LogP contribution in [0.25, 0.3) is 0 Å². The van der Waals surface area contributed by atoms with Crippen LogP contribution in [-0.2, 0) is 11.3 Å². The smallest absolute Gasteiger partial charge is 0.0824 e. The van der Waals surface area contributed by atoms with Crippen LogP contribution in [0.5, 0.6) is 0 Å². The van der Waals surface area contributed by atoms with Crippen molar-refractivity contribution in [3.63, 3.8) is 0 Å². The van der Waals surface area contributed by atoms with E-state index in [-0.39, 0.29) is 6.10 Å². The predicted molar refractivity (Wildman–Crippen MR) is 72.3 cm³/mol. The van der Waals surface area contributed by atoms with Gasteiger partial charge in [0.25, 0.3) is 0 Å². The average molecular weight is 252 g/mol. The fraction of sp³-hybridized carbons (Fsp3) is 0.538. The van der Waals surface area contributed by atoms with Crippen molar-refractivity contribution < 1.29 is 4.74 Å². The van der Waals surface area contributed by atoms with E-state index in [9.17, 15) is 0 Å². The minimum atomic E-state index is 0.203. The first kappa shape index (κ1) is 12.9. The third kappa shape index (κ3) is 3.71. The highest BCUT2D eigenvalue weighted by Gasteiger charge is 2.18. The highest BCUT2D eigenvalue weighted by atomic mass is 32.2. The van der Waals surface area contributed by atoms with Crippen LogP contribution >= 0.6 is 11.8 Å². The summed E-state index contributed by atoms with van der Waals surface area (Å²) < 4.78 is 5.56. The van der Waals surface area contributed by atoms with Crippen LogP contribution in [0.15, 0.2) is 29.2 Å². The highest BCUT2D eigenvalue weighted by molar-refractivity contribution is 7.98. The lowest BCUT2D eigenvalue weighted by Gasteiger charge is -2.32. The van der Waals surface area contributed by atoms with Crippen LogP contribution in [0.1, 0.15) is 5.56 Å². The molecule has 94 valence electrons. The van der Waals surface area contributed by atoms with Crippen molar-refractivity contribution in [1.82, 2.24) is 4.90 Å². The molecule has 1 fully saturated rings. The van der Waals surface area contributed by atoms with Crippen molar-refractivity contribution in [3.8, 4) is 0 Å². The van der Waals surface area contributed by atoms with Gasteiger partial charge in [0.15, 0.2) is 0 Å². The Kier molecular flexibility index (Phi) is 4.86. The van der Waals surface area contributed by atoms with Gasteiger partial charge in [0.1, 0.15) is 0 Å². The van der Waals surface area contributed by atoms with Gasteiger partial charge >= 0.3 is 0 Å². The summed E-state index contributed by atoms with van der Waals surface area (Å²) in [5.74, 6) is 0. The summed E-state index contributed by atoms with van der Waals surface area (Å²) in [5, 5.41) is 0. The number of hydrogen-bond acceptors (Lipinski definition) is 4. The fourth-order valence-corrected chi connectivity index (χ4v) is 2.46. The Morgan fingerprint density at radius 1 is 1.41 bits per heavy atom. The monoisotopic (exact) mass is 252 g/mol. The molecule has 17 heavy (non-hydrogen) atoms. The molecule has 0 aromatic heterocycles. The van der Waals surface area contributed by atoms with Crippen molar-refractivity contribution >= 4 is 11.8 Å². The quantitative estimate of drug-likeness (QED) is 0.826. The summed E-state index contributed by atoms with van der Waals surface area (Å²) >= 11 is 1.78. The maximum Gasteiger partial charge on any atom is 0.0824 e. The molecular weight excluding hydrogens is 232 g/mol. The van der Waals surface area contributed by atoms with Crippen LogP contribution in [0.2, 0.25) is 0 Å². The van der Waals surface area contributed by atoms with Gasteiger partial charge in [-0.25, -0.2) is 0 Å². The van der Waals surface area contributed by atoms with Crippen molar-refractivity contribution in [2.24, 2.45) is 5.73 Å². The van der Waals surface area contributed by atoms with Crippen molar-refractivity contribution in [1.29, 1.82) is 0 Å². The van der Waals surface area contributed by atoms with Gasteiger partial charge < -0.3 is 10.5 Å². The van der Waals surface area contributed by atoms with Crippen LogP contribution in [0.4, 0.5) is 0 Å². The Bertz CT molecular complexity index is 342. The minimum Gasteiger partial charge on any atom is -0.374 e. The average Bonchev–Trinajstić information content (AvgIpc) is 2.40. The maximum atomic E-state index is 5.64. The van der Waals surface area contributed by atoms with E-state index in [0.29, 0.717) is 6.54 Å². The molecule has 0 amide bonds. The molecule has 1 aliphatic heterocycles. The number of nitrogens with two attached hydrogens (primary N) is 1. The number of ether oxygens (including phenoxy) is 1. The molecular formula is C13H20N2OS. The van der Waals surface area contributed by atoms with Crippen molar-refractivity contribution in [2.45, 2.75) is 17.5 Å². The van der Waals surface area contributed by atoms with Crippen LogP contribution in [-0.4, -0.2) is 43.5 Å². The van der Waals surface area contributed by atoms with Gasteiger partial charge in [0, 0.05) is 31.1 Å². The molecule has 2 N–H and O–H groups in total. The van der Waals surface area contributed by atoms with E-state index in [0.717, 1.165) is 26.2 Å². The summed E-state index contributed by atoms with van der Waals surface area (Å²) in [6.45, 7) is 4.35. The highest BCUT2D eigenvalue weighted by Crippen LogP contribution is 2.16. The molecule has 1 saturated heterocycles. The standard InChI is InChI=1S/C13H20N2OS/c1-17-13-4-2-11(3-5-13)9-15-6-7-16-12(8-14)10-15/h2-5,12H,6-10,14H2,1H3. The summed E-state index contributed by atoms with van der Waals surface area (Å²) in [6, 6.07) is 8.78. The summed E-state index contributed by atoms with van der Waals surface area (Å²) in [7, 11) is 0. The number of hydrogen-bond donors (Lipinski definition) is 1. The second-order valence-corrected chi connectivity index (χ2v) is 5.19. The van der Waals surface area contributed by atoms with Crippen molar-refractivity contribution in [2.75, 3.05) is 32.5 Å². The Morgan fingerprint density at radius 3 is 2.82 bits per heavy atom. The first-order chi connectivity index (χ1) is 8.31. The topological polar surface area (TPSA) is 38.5 Å². The predicted octanol–water partition coefficient (Wildman–Crippen LogP) is 1.57. The van der Waals surface area contributed by atoms with E-state index in [2.05, 4.69) is 35.4 Å². The Balaban J connectivity index is 1.90. The summed E-state index contributed by atoms with van der Waals surface area (Å²) in [6.07, 6.45) is 2.30. The molecule has 0 radical (unpaired) electrons. The molecule has 3 nitrogen and oxygen atoms in total. The lowest BCUT2D eigenvalue weighted by atomic mass is 10.2.